The average Bonchev–Trinajstić information content (AvgIpc) is 2.34. The summed E-state index contributed by atoms with van der Waals surface area (Å²) >= 11 is 0. The van der Waals surface area contributed by atoms with Crippen LogP contribution in [0.25, 0.3) is 0 Å². The van der Waals surface area contributed by atoms with Crippen molar-refractivity contribution in [1.29, 1.82) is 0 Å². The highest BCUT2D eigenvalue weighted by atomic mass is 19.1. The van der Waals surface area contributed by atoms with Crippen molar-refractivity contribution in [3.05, 3.63) is 48.3 Å². The number of nitrogens with one attached hydrogen (secondary N) is 1. The molecule has 1 amide bonds. The largest absolute Gasteiger partial charge is 0.388 e. The van der Waals surface area contributed by atoms with Gasteiger partial charge in [-0.05, 0) is 24.1 Å². The lowest BCUT2D eigenvalue weighted by atomic mass is 10.0. The molecule has 1 aromatic carbocycles. The van der Waals surface area contributed by atoms with E-state index in [1.165, 1.54) is 24.3 Å². The molecule has 0 saturated heterocycles. The van der Waals surface area contributed by atoms with Crippen molar-refractivity contribution in [1.82, 2.24) is 5.32 Å². The van der Waals surface area contributed by atoms with E-state index in [-0.39, 0.29) is 18.1 Å². The van der Waals surface area contributed by atoms with Crippen LogP contribution in [0.5, 0.6) is 0 Å². The molecule has 4 heteroatoms. The molecule has 1 aromatic rings. The normalized spacial score (nSPS) is 11.9. The fourth-order valence-electron chi connectivity index (χ4n) is 1.39. The van der Waals surface area contributed by atoms with E-state index >= 15 is 0 Å². The van der Waals surface area contributed by atoms with E-state index in [4.69, 9.17) is 0 Å². The average molecular weight is 237 g/mol. The van der Waals surface area contributed by atoms with Gasteiger partial charge in [0.15, 0.2) is 0 Å². The number of amides is 1. The first kappa shape index (κ1) is 13.4. The van der Waals surface area contributed by atoms with Crippen LogP contribution < -0.4 is 5.32 Å². The van der Waals surface area contributed by atoms with Crippen LogP contribution in [0.4, 0.5) is 4.39 Å². The van der Waals surface area contributed by atoms with Crippen molar-refractivity contribution in [3.63, 3.8) is 0 Å². The Morgan fingerprint density at radius 2 is 2.12 bits per heavy atom. The fourth-order valence-corrected chi connectivity index (χ4v) is 1.39. The second-order valence-electron chi connectivity index (χ2n) is 3.70. The van der Waals surface area contributed by atoms with Crippen molar-refractivity contribution in [2.45, 2.75) is 18.9 Å². The maximum absolute atomic E-state index is 12.6. The number of hydrogen-bond acceptors (Lipinski definition) is 2. The van der Waals surface area contributed by atoms with Crippen molar-refractivity contribution >= 4 is 5.91 Å². The molecule has 0 saturated carbocycles. The number of hydrogen-bond donors (Lipinski definition) is 2. The molecule has 2 N–H and O–H groups in total. The van der Waals surface area contributed by atoms with Gasteiger partial charge in [-0.1, -0.05) is 18.2 Å². The minimum atomic E-state index is -0.745. The van der Waals surface area contributed by atoms with Crippen LogP contribution in [-0.4, -0.2) is 17.6 Å². The fraction of sp³-hybridized carbons (Fsp3) is 0.308. The summed E-state index contributed by atoms with van der Waals surface area (Å²) < 4.78 is 12.6. The summed E-state index contributed by atoms with van der Waals surface area (Å²) in [4.78, 5) is 11.3. The summed E-state index contributed by atoms with van der Waals surface area (Å²) in [7, 11) is 0. The third-order valence-electron chi connectivity index (χ3n) is 2.34. The zero-order chi connectivity index (χ0) is 12.7. The van der Waals surface area contributed by atoms with Crippen molar-refractivity contribution < 1.29 is 14.3 Å². The zero-order valence-electron chi connectivity index (χ0n) is 9.53. The van der Waals surface area contributed by atoms with Crippen molar-refractivity contribution in [2.24, 2.45) is 0 Å². The van der Waals surface area contributed by atoms with Crippen LogP contribution >= 0.6 is 0 Å². The molecule has 0 aromatic heterocycles. The molecule has 0 spiro atoms. The van der Waals surface area contributed by atoms with Crippen LogP contribution in [-0.2, 0) is 4.79 Å². The first-order valence-electron chi connectivity index (χ1n) is 5.44. The molecule has 3 nitrogen and oxygen atoms in total. The van der Waals surface area contributed by atoms with Crippen molar-refractivity contribution in [2.75, 3.05) is 6.54 Å². The second kappa shape index (κ2) is 6.81. The van der Waals surface area contributed by atoms with E-state index in [9.17, 15) is 14.3 Å². The number of aliphatic hydroxyl groups is 1. The Kier molecular flexibility index (Phi) is 5.36. The number of rotatable bonds is 6. The molecule has 1 rings (SSSR count). The van der Waals surface area contributed by atoms with Crippen LogP contribution in [0.1, 0.15) is 24.5 Å². The monoisotopic (exact) mass is 237 g/mol. The lowest BCUT2D eigenvalue weighted by Gasteiger charge is -2.10. The summed E-state index contributed by atoms with van der Waals surface area (Å²) in [5.74, 6) is -0.476. The van der Waals surface area contributed by atoms with Gasteiger partial charge in [-0.15, -0.1) is 6.58 Å². The topological polar surface area (TPSA) is 49.3 Å². The third-order valence-corrected chi connectivity index (χ3v) is 2.34. The van der Waals surface area contributed by atoms with Gasteiger partial charge in [0.05, 0.1) is 6.10 Å². The molecule has 0 fully saturated rings. The first-order valence-corrected chi connectivity index (χ1v) is 5.44. The summed E-state index contributed by atoms with van der Waals surface area (Å²) in [6.45, 7) is 3.91. The first-order chi connectivity index (χ1) is 8.13. The van der Waals surface area contributed by atoms with Gasteiger partial charge in [-0.3, -0.25) is 4.79 Å². The van der Waals surface area contributed by atoms with E-state index in [1.807, 2.05) is 0 Å². The number of aliphatic hydroxyl groups excluding tert-OH is 1. The molecule has 0 aliphatic rings. The van der Waals surface area contributed by atoms with Gasteiger partial charge in [0.1, 0.15) is 5.82 Å². The van der Waals surface area contributed by atoms with Crippen LogP contribution in [0, 0.1) is 5.82 Å². The minimum absolute atomic E-state index is 0.133. The molecule has 0 aliphatic carbocycles. The number of benzene rings is 1. The summed E-state index contributed by atoms with van der Waals surface area (Å²) in [5.41, 5.74) is 0.614. The smallest absolute Gasteiger partial charge is 0.220 e. The van der Waals surface area contributed by atoms with E-state index in [0.717, 1.165) is 0 Å². The minimum Gasteiger partial charge on any atom is -0.388 e. The van der Waals surface area contributed by atoms with Gasteiger partial charge in [-0.2, -0.15) is 0 Å². The maximum Gasteiger partial charge on any atom is 0.220 e. The molecular formula is C13H16FNO2. The molecule has 17 heavy (non-hydrogen) atoms. The Bertz CT molecular complexity index is 376. The standard InChI is InChI=1S/C13H16FNO2/c1-2-9-15-13(17)8-7-12(16)10-3-5-11(14)6-4-10/h2-6,12,16H,1,7-9H2,(H,15,17). The second-order valence-corrected chi connectivity index (χ2v) is 3.70. The van der Waals surface area contributed by atoms with Crippen molar-refractivity contribution in [3.8, 4) is 0 Å². The predicted octanol–water partition coefficient (Wildman–Crippen LogP) is 1.94. The Hall–Kier alpha value is -1.68. The van der Waals surface area contributed by atoms with Crippen LogP contribution in [0.3, 0.4) is 0 Å². The molecule has 1 unspecified atom stereocenters. The molecule has 0 bridgehead atoms. The molecule has 0 heterocycles. The highest BCUT2D eigenvalue weighted by Crippen LogP contribution is 2.18. The van der Waals surface area contributed by atoms with E-state index in [0.29, 0.717) is 18.5 Å². The van der Waals surface area contributed by atoms with Gasteiger partial charge in [-0.25, -0.2) is 4.39 Å². The lowest BCUT2D eigenvalue weighted by Crippen LogP contribution is -2.23. The quantitative estimate of drug-likeness (QED) is 0.743. The number of carbonyl (C=O) groups is 1. The zero-order valence-corrected chi connectivity index (χ0v) is 9.53. The number of carbonyl (C=O) groups excluding carboxylic acids is 1. The summed E-state index contributed by atoms with van der Waals surface area (Å²) in [5, 5.41) is 12.4. The molecule has 92 valence electrons. The highest BCUT2D eigenvalue weighted by Gasteiger charge is 2.09. The highest BCUT2D eigenvalue weighted by molar-refractivity contribution is 5.76. The Morgan fingerprint density at radius 1 is 1.47 bits per heavy atom. The molecule has 0 radical (unpaired) electrons. The SMILES string of the molecule is C=CCNC(=O)CCC(O)c1ccc(F)cc1. The van der Waals surface area contributed by atoms with E-state index in [1.54, 1.807) is 6.08 Å². The van der Waals surface area contributed by atoms with Crippen LogP contribution in [0.15, 0.2) is 36.9 Å². The maximum atomic E-state index is 12.6. The summed E-state index contributed by atoms with van der Waals surface area (Å²) in [6.07, 6.45) is 1.39. The lowest BCUT2D eigenvalue weighted by molar-refractivity contribution is -0.121. The van der Waals surface area contributed by atoms with Gasteiger partial charge in [0.25, 0.3) is 0 Å². The molecule has 1 atom stereocenters. The predicted molar refractivity (Wildman–Crippen MR) is 63.8 cm³/mol. The van der Waals surface area contributed by atoms with Crippen LogP contribution in [0.2, 0.25) is 0 Å². The number of halogens is 1. The Labute approximate surface area is 100.0 Å². The van der Waals surface area contributed by atoms with E-state index < -0.39 is 6.10 Å². The van der Waals surface area contributed by atoms with Gasteiger partial charge < -0.3 is 10.4 Å². The summed E-state index contributed by atoms with van der Waals surface area (Å²) in [6, 6.07) is 5.61. The van der Waals surface area contributed by atoms with Gasteiger partial charge in [0, 0.05) is 13.0 Å². The van der Waals surface area contributed by atoms with E-state index in [2.05, 4.69) is 11.9 Å². The van der Waals surface area contributed by atoms with Gasteiger partial charge in [0.2, 0.25) is 5.91 Å². The Morgan fingerprint density at radius 3 is 2.71 bits per heavy atom. The van der Waals surface area contributed by atoms with Gasteiger partial charge >= 0.3 is 0 Å². The Balaban J connectivity index is 2.39. The third kappa shape index (κ3) is 4.78. The molecule has 0 aliphatic heterocycles. The molecular weight excluding hydrogens is 221 g/mol.